The second kappa shape index (κ2) is 8.27. The number of likely N-dealkylation sites (tertiary alicyclic amines) is 2. The van der Waals surface area contributed by atoms with Crippen LogP contribution < -0.4 is 0 Å². The molecule has 2 heterocycles. The lowest BCUT2D eigenvalue weighted by atomic mass is 9.99. The summed E-state index contributed by atoms with van der Waals surface area (Å²) in [4.78, 5) is 19.0. The van der Waals surface area contributed by atoms with E-state index < -0.39 is 0 Å². The largest absolute Gasteiger partial charge is 0.378 e. The van der Waals surface area contributed by atoms with Crippen molar-refractivity contribution in [2.45, 2.75) is 45.3 Å². The average Bonchev–Trinajstić information content (AvgIpc) is 2.47. The molecule has 0 aromatic rings. The predicted molar refractivity (Wildman–Crippen MR) is 88.9 cm³/mol. The molecule has 1 atom stereocenters. The zero-order valence-electron chi connectivity index (χ0n) is 14.8. The molecule has 5 nitrogen and oxygen atoms in total. The maximum absolute atomic E-state index is 12.5. The average molecular weight is 311 g/mol. The first-order valence-electron chi connectivity index (χ1n) is 8.76. The lowest BCUT2D eigenvalue weighted by Gasteiger charge is -2.43. The Hall–Kier alpha value is -0.650. The summed E-state index contributed by atoms with van der Waals surface area (Å²) < 4.78 is 5.94. The third kappa shape index (κ3) is 4.93. The van der Waals surface area contributed by atoms with Crippen LogP contribution in [-0.4, -0.2) is 86.2 Å². The number of piperidine rings is 1. The van der Waals surface area contributed by atoms with E-state index in [1.165, 1.54) is 0 Å². The van der Waals surface area contributed by atoms with Crippen LogP contribution in [0.1, 0.15) is 33.1 Å². The van der Waals surface area contributed by atoms with Crippen molar-refractivity contribution in [2.24, 2.45) is 5.92 Å². The van der Waals surface area contributed by atoms with Gasteiger partial charge < -0.3 is 14.5 Å². The summed E-state index contributed by atoms with van der Waals surface area (Å²) in [6.07, 6.45) is 3.38. The number of ether oxygens (including phenoxy) is 1. The van der Waals surface area contributed by atoms with E-state index in [-0.39, 0.29) is 6.04 Å². The van der Waals surface area contributed by atoms with Gasteiger partial charge in [-0.3, -0.25) is 9.69 Å². The van der Waals surface area contributed by atoms with Crippen molar-refractivity contribution in [1.82, 2.24) is 14.7 Å². The smallest absolute Gasteiger partial charge is 0.239 e. The molecule has 0 bridgehead atoms. The second-order valence-electron chi connectivity index (χ2n) is 7.29. The quantitative estimate of drug-likeness (QED) is 0.664. The number of nitrogens with zero attached hydrogens (tertiary/aromatic N) is 3. The fourth-order valence-corrected chi connectivity index (χ4v) is 3.36. The van der Waals surface area contributed by atoms with Crippen molar-refractivity contribution >= 4 is 5.91 Å². The molecule has 0 aromatic heterocycles. The molecule has 0 spiro atoms. The highest BCUT2D eigenvalue weighted by Gasteiger charge is 2.34. The lowest BCUT2D eigenvalue weighted by Crippen LogP contribution is -2.57. The van der Waals surface area contributed by atoms with Crippen LogP contribution in [-0.2, 0) is 9.53 Å². The zero-order valence-corrected chi connectivity index (χ0v) is 14.8. The van der Waals surface area contributed by atoms with Crippen molar-refractivity contribution in [2.75, 3.05) is 53.4 Å². The van der Waals surface area contributed by atoms with Gasteiger partial charge in [-0.05, 0) is 52.7 Å². The standard InChI is InChI=1S/C17H33N3O2/c1-14-12-20(13-14)15(2)17(21)19-9-6-16(7-10-19)22-11-5-8-18(3)4/h14-16H,5-13H2,1-4H3/t15-/m1/s1. The second-order valence-corrected chi connectivity index (χ2v) is 7.29. The van der Waals surface area contributed by atoms with Gasteiger partial charge in [-0.1, -0.05) is 6.92 Å². The Labute approximate surface area is 135 Å². The molecule has 1 amide bonds. The summed E-state index contributed by atoms with van der Waals surface area (Å²) in [5.74, 6) is 1.05. The van der Waals surface area contributed by atoms with Gasteiger partial charge in [0.2, 0.25) is 5.91 Å². The molecule has 2 fully saturated rings. The van der Waals surface area contributed by atoms with Crippen LogP contribution in [0.4, 0.5) is 0 Å². The highest BCUT2D eigenvalue weighted by atomic mass is 16.5. The number of hydrogen-bond donors (Lipinski definition) is 0. The molecule has 22 heavy (non-hydrogen) atoms. The molecule has 0 N–H and O–H groups in total. The Bertz CT molecular complexity index is 348. The Morgan fingerprint density at radius 1 is 1.27 bits per heavy atom. The molecule has 2 aliphatic rings. The molecule has 2 rings (SSSR count). The van der Waals surface area contributed by atoms with Crippen LogP contribution in [0.15, 0.2) is 0 Å². The van der Waals surface area contributed by atoms with Gasteiger partial charge in [0.05, 0.1) is 12.1 Å². The first-order valence-corrected chi connectivity index (χ1v) is 8.76. The Kier molecular flexibility index (Phi) is 6.66. The van der Waals surface area contributed by atoms with Crippen molar-refractivity contribution in [3.63, 3.8) is 0 Å². The summed E-state index contributed by atoms with van der Waals surface area (Å²) in [7, 11) is 4.17. The van der Waals surface area contributed by atoms with Gasteiger partial charge >= 0.3 is 0 Å². The lowest BCUT2D eigenvalue weighted by molar-refractivity contribution is -0.141. The molecule has 0 unspecified atom stereocenters. The molecule has 0 radical (unpaired) electrons. The van der Waals surface area contributed by atoms with E-state index in [0.717, 1.165) is 64.5 Å². The van der Waals surface area contributed by atoms with Crippen LogP contribution in [0.2, 0.25) is 0 Å². The monoisotopic (exact) mass is 311 g/mol. The van der Waals surface area contributed by atoms with E-state index in [0.29, 0.717) is 12.0 Å². The maximum Gasteiger partial charge on any atom is 0.239 e. The summed E-state index contributed by atoms with van der Waals surface area (Å²) in [5, 5.41) is 0. The fraction of sp³-hybridized carbons (Fsp3) is 0.941. The van der Waals surface area contributed by atoms with Gasteiger partial charge in [0.1, 0.15) is 0 Å². The summed E-state index contributed by atoms with van der Waals surface area (Å²) in [6, 6.07) is 0.0498. The molecule has 128 valence electrons. The van der Waals surface area contributed by atoms with E-state index >= 15 is 0 Å². The fourth-order valence-electron chi connectivity index (χ4n) is 3.36. The Balaban J connectivity index is 1.63. The zero-order chi connectivity index (χ0) is 16.1. The third-order valence-electron chi connectivity index (χ3n) is 4.85. The predicted octanol–water partition coefficient (Wildman–Crippen LogP) is 1.29. The first-order chi connectivity index (χ1) is 10.5. The van der Waals surface area contributed by atoms with Crippen LogP contribution in [0.5, 0.6) is 0 Å². The maximum atomic E-state index is 12.5. The summed E-state index contributed by atoms with van der Waals surface area (Å²) in [5.41, 5.74) is 0. The van der Waals surface area contributed by atoms with Crippen molar-refractivity contribution in [3.8, 4) is 0 Å². The van der Waals surface area contributed by atoms with Crippen molar-refractivity contribution in [3.05, 3.63) is 0 Å². The van der Waals surface area contributed by atoms with Gasteiger partial charge in [0, 0.05) is 32.8 Å². The minimum absolute atomic E-state index is 0.0498. The van der Waals surface area contributed by atoms with Gasteiger partial charge in [0.25, 0.3) is 0 Å². The number of hydrogen-bond acceptors (Lipinski definition) is 4. The van der Waals surface area contributed by atoms with Crippen molar-refractivity contribution in [1.29, 1.82) is 0 Å². The molecule has 0 saturated carbocycles. The van der Waals surface area contributed by atoms with E-state index in [4.69, 9.17) is 4.74 Å². The Morgan fingerprint density at radius 2 is 1.91 bits per heavy atom. The minimum atomic E-state index is 0.0498. The van der Waals surface area contributed by atoms with Gasteiger partial charge in [-0.15, -0.1) is 0 Å². The molecule has 0 aliphatic carbocycles. The highest BCUT2D eigenvalue weighted by Crippen LogP contribution is 2.21. The van der Waals surface area contributed by atoms with E-state index in [9.17, 15) is 4.79 Å². The molecule has 5 heteroatoms. The normalized spacial score (nSPS) is 22.9. The molecular formula is C17H33N3O2. The number of rotatable bonds is 7. The topological polar surface area (TPSA) is 36.0 Å². The van der Waals surface area contributed by atoms with E-state index in [1.807, 2.05) is 4.90 Å². The molecule has 2 saturated heterocycles. The van der Waals surface area contributed by atoms with E-state index in [1.54, 1.807) is 0 Å². The van der Waals surface area contributed by atoms with Gasteiger partial charge in [-0.25, -0.2) is 0 Å². The van der Waals surface area contributed by atoms with Gasteiger partial charge in [0.15, 0.2) is 0 Å². The van der Waals surface area contributed by atoms with Gasteiger partial charge in [-0.2, -0.15) is 0 Å². The highest BCUT2D eigenvalue weighted by molar-refractivity contribution is 5.81. The Morgan fingerprint density at radius 3 is 2.45 bits per heavy atom. The van der Waals surface area contributed by atoms with Crippen LogP contribution in [0, 0.1) is 5.92 Å². The first kappa shape index (κ1) is 17.7. The summed E-state index contributed by atoms with van der Waals surface area (Å²) >= 11 is 0. The van der Waals surface area contributed by atoms with Crippen LogP contribution in [0.25, 0.3) is 0 Å². The minimum Gasteiger partial charge on any atom is -0.378 e. The summed E-state index contributed by atoms with van der Waals surface area (Å²) in [6.45, 7) is 10.0. The number of amides is 1. The molecular weight excluding hydrogens is 278 g/mol. The van der Waals surface area contributed by atoms with Crippen LogP contribution in [0.3, 0.4) is 0 Å². The number of carbonyl (C=O) groups is 1. The van der Waals surface area contributed by atoms with Crippen molar-refractivity contribution < 1.29 is 9.53 Å². The molecule has 2 aliphatic heterocycles. The van der Waals surface area contributed by atoms with Crippen LogP contribution >= 0.6 is 0 Å². The SMILES string of the molecule is CC1CN([C@H](C)C(=O)N2CCC(OCCCN(C)C)CC2)C1. The number of carbonyl (C=O) groups excluding carboxylic acids is 1. The molecule has 0 aromatic carbocycles. The third-order valence-corrected chi connectivity index (χ3v) is 4.85. The van der Waals surface area contributed by atoms with E-state index in [2.05, 4.69) is 37.7 Å².